The molecule has 0 aliphatic rings. The summed E-state index contributed by atoms with van der Waals surface area (Å²) in [7, 11) is 2.91. The lowest BCUT2D eigenvalue weighted by molar-refractivity contribution is 0.131. The normalized spacial score (nSPS) is 9.78. The monoisotopic (exact) mass is 275 g/mol. The Morgan fingerprint density at radius 1 is 1.33 bits per heavy atom. The highest BCUT2D eigenvalue weighted by molar-refractivity contribution is 6.32. The average Bonchev–Trinajstić information content (AvgIpc) is 2.37. The molecule has 0 aromatic heterocycles. The van der Waals surface area contributed by atoms with E-state index in [1.54, 1.807) is 0 Å². The number of methoxy groups -OCH3 is 2. The van der Waals surface area contributed by atoms with Crippen molar-refractivity contribution in [3.8, 4) is 11.5 Å². The van der Waals surface area contributed by atoms with Crippen LogP contribution in [-0.2, 0) is 4.74 Å². The molecule has 1 amide bonds. The molecule has 0 fully saturated rings. The molecule has 2 N–H and O–H groups in total. The van der Waals surface area contributed by atoms with E-state index in [0.29, 0.717) is 22.2 Å². The molecule has 7 heteroatoms. The summed E-state index contributed by atoms with van der Waals surface area (Å²) in [5.74, 6) is 0.775. The van der Waals surface area contributed by atoms with Crippen molar-refractivity contribution in [2.75, 3.05) is 32.8 Å². The molecule has 0 aliphatic carbocycles. The number of ether oxygens (including phenoxy) is 3. The molecule has 0 aliphatic heterocycles. The highest BCUT2D eigenvalue weighted by Gasteiger charge is 2.12. The van der Waals surface area contributed by atoms with Crippen molar-refractivity contribution in [2.45, 2.75) is 0 Å². The number of aliphatic hydroxyl groups is 1. The minimum atomic E-state index is -0.702. The lowest BCUT2D eigenvalue weighted by Gasteiger charge is -2.12. The average molecular weight is 276 g/mol. The molecular formula is C11H14ClNO5. The Hall–Kier alpha value is -1.66. The summed E-state index contributed by atoms with van der Waals surface area (Å²) in [5, 5.41) is 11.4. The van der Waals surface area contributed by atoms with Crippen LogP contribution in [0.5, 0.6) is 11.5 Å². The smallest absolute Gasteiger partial charge is 0.411 e. The second-order valence-corrected chi connectivity index (χ2v) is 3.58. The van der Waals surface area contributed by atoms with E-state index >= 15 is 0 Å². The predicted molar refractivity (Wildman–Crippen MR) is 66.6 cm³/mol. The van der Waals surface area contributed by atoms with E-state index in [9.17, 15) is 4.79 Å². The van der Waals surface area contributed by atoms with Gasteiger partial charge in [-0.2, -0.15) is 0 Å². The van der Waals surface area contributed by atoms with Gasteiger partial charge in [-0.1, -0.05) is 11.6 Å². The van der Waals surface area contributed by atoms with Crippen molar-refractivity contribution in [3.63, 3.8) is 0 Å². The van der Waals surface area contributed by atoms with Gasteiger partial charge in [0.25, 0.3) is 0 Å². The van der Waals surface area contributed by atoms with Crippen LogP contribution in [0.4, 0.5) is 10.5 Å². The highest BCUT2D eigenvalue weighted by Crippen LogP contribution is 2.35. The quantitative estimate of drug-likeness (QED) is 0.858. The summed E-state index contributed by atoms with van der Waals surface area (Å²) in [6.45, 7) is -0.326. The summed E-state index contributed by atoms with van der Waals surface area (Å²) in [6.07, 6.45) is -0.702. The zero-order valence-corrected chi connectivity index (χ0v) is 10.8. The maximum Gasteiger partial charge on any atom is 0.411 e. The van der Waals surface area contributed by atoms with Gasteiger partial charge in [0, 0.05) is 12.1 Å². The molecule has 0 saturated heterocycles. The lowest BCUT2D eigenvalue weighted by atomic mass is 10.2. The van der Waals surface area contributed by atoms with Crippen LogP contribution < -0.4 is 14.8 Å². The van der Waals surface area contributed by atoms with E-state index in [4.69, 9.17) is 26.2 Å². The first-order valence-electron chi connectivity index (χ1n) is 5.08. The number of benzene rings is 1. The number of aliphatic hydroxyl groups excluding tert-OH is 1. The second-order valence-electron chi connectivity index (χ2n) is 3.17. The minimum absolute atomic E-state index is 0.0845. The molecule has 18 heavy (non-hydrogen) atoms. The number of amides is 1. The van der Waals surface area contributed by atoms with Crippen molar-refractivity contribution in [3.05, 3.63) is 17.2 Å². The Morgan fingerprint density at radius 2 is 2.00 bits per heavy atom. The fraction of sp³-hybridized carbons (Fsp3) is 0.364. The Kier molecular flexibility index (Phi) is 5.54. The number of anilines is 1. The Morgan fingerprint density at radius 3 is 2.56 bits per heavy atom. The SMILES string of the molecule is COc1cc(NC(=O)OCCO)c(OC)cc1Cl. The van der Waals surface area contributed by atoms with Crippen molar-refractivity contribution < 1.29 is 24.1 Å². The third kappa shape index (κ3) is 3.68. The molecule has 0 radical (unpaired) electrons. The molecule has 1 rings (SSSR count). The molecule has 0 saturated carbocycles. The number of halogens is 1. The van der Waals surface area contributed by atoms with Crippen LogP contribution in [0.25, 0.3) is 0 Å². The van der Waals surface area contributed by atoms with E-state index in [1.807, 2.05) is 0 Å². The molecule has 0 atom stereocenters. The number of carbonyl (C=O) groups is 1. The van der Waals surface area contributed by atoms with Crippen LogP contribution in [0.3, 0.4) is 0 Å². The Balaban J connectivity index is 2.89. The van der Waals surface area contributed by atoms with Crippen LogP contribution in [0.2, 0.25) is 5.02 Å². The van der Waals surface area contributed by atoms with Gasteiger partial charge in [0.05, 0.1) is 31.5 Å². The molecule has 1 aromatic rings. The molecular weight excluding hydrogens is 262 g/mol. The minimum Gasteiger partial charge on any atom is -0.495 e. The van der Waals surface area contributed by atoms with Gasteiger partial charge in [0.1, 0.15) is 18.1 Å². The Bertz CT molecular complexity index is 424. The Labute approximate surface area is 109 Å². The van der Waals surface area contributed by atoms with Gasteiger partial charge < -0.3 is 19.3 Å². The summed E-state index contributed by atoms with van der Waals surface area (Å²) in [4.78, 5) is 11.4. The van der Waals surface area contributed by atoms with E-state index in [0.717, 1.165) is 0 Å². The standard InChI is InChI=1S/C11H14ClNO5/c1-16-9-6-8(10(17-2)5-7(9)12)13-11(15)18-4-3-14/h5-6,14H,3-4H2,1-2H3,(H,13,15). The lowest BCUT2D eigenvalue weighted by Crippen LogP contribution is -2.16. The zero-order valence-electron chi connectivity index (χ0n) is 10.0. The molecule has 100 valence electrons. The summed E-state index contributed by atoms with van der Waals surface area (Å²) in [5.41, 5.74) is 0.363. The summed E-state index contributed by atoms with van der Waals surface area (Å²) in [6, 6.07) is 3.03. The number of carbonyl (C=O) groups excluding carboxylic acids is 1. The van der Waals surface area contributed by atoms with Gasteiger partial charge in [0.2, 0.25) is 0 Å². The van der Waals surface area contributed by atoms with Crippen molar-refractivity contribution in [2.24, 2.45) is 0 Å². The molecule has 1 aromatic carbocycles. The number of rotatable bonds is 5. The van der Waals surface area contributed by atoms with Crippen LogP contribution in [0.15, 0.2) is 12.1 Å². The first kappa shape index (κ1) is 14.4. The third-order valence-electron chi connectivity index (χ3n) is 2.04. The van der Waals surface area contributed by atoms with Gasteiger partial charge in [-0.05, 0) is 0 Å². The highest BCUT2D eigenvalue weighted by atomic mass is 35.5. The fourth-order valence-corrected chi connectivity index (χ4v) is 1.47. The largest absolute Gasteiger partial charge is 0.495 e. The maximum atomic E-state index is 11.4. The van der Waals surface area contributed by atoms with E-state index in [-0.39, 0.29) is 13.2 Å². The molecule has 6 nitrogen and oxygen atoms in total. The van der Waals surface area contributed by atoms with Crippen LogP contribution >= 0.6 is 11.6 Å². The van der Waals surface area contributed by atoms with Gasteiger partial charge in [-0.15, -0.1) is 0 Å². The zero-order chi connectivity index (χ0) is 13.5. The molecule has 0 spiro atoms. The van der Waals surface area contributed by atoms with Gasteiger partial charge in [0.15, 0.2) is 0 Å². The van der Waals surface area contributed by atoms with Crippen LogP contribution in [0.1, 0.15) is 0 Å². The first-order valence-corrected chi connectivity index (χ1v) is 5.46. The molecule has 0 bridgehead atoms. The second kappa shape index (κ2) is 6.93. The number of hydrogen-bond donors (Lipinski definition) is 2. The first-order chi connectivity index (χ1) is 8.62. The van der Waals surface area contributed by atoms with E-state index < -0.39 is 6.09 Å². The van der Waals surface area contributed by atoms with Crippen LogP contribution in [-0.4, -0.2) is 38.6 Å². The number of nitrogens with one attached hydrogen (secondary N) is 1. The van der Waals surface area contributed by atoms with Gasteiger partial charge in [-0.3, -0.25) is 5.32 Å². The fourth-order valence-electron chi connectivity index (χ4n) is 1.24. The van der Waals surface area contributed by atoms with E-state index in [2.05, 4.69) is 10.1 Å². The van der Waals surface area contributed by atoms with Crippen molar-refractivity contribution >= 4 is 23.4 Å². The maximum absolute atomic E-state index is 11.4. The topological polar surface area (TPSA) is 77.0 Å². The van der Waals surface area contributed by atoms with Crippen molar-refractivity contribution in [1.82, 2.24) is 0 Å². The summed E-state index contributed by atoms with van der Waals surface area (Å²) < 4.78 is 14.8. The van der Waals surface area contributed by atoms with Gasteiger partial charge in [-0.25, -0.2) is 4.79 Å². The third-order valence-corrected chi connectivity index (χ3v) is 2.33. The molecule has 0 heterocycles. The summed E-state index contributed by atoms with van der Waals surface area (Å²) >= 11 is 5.92. The van der Waals surface area contributed by atoms with Crippen LogP contribution in [0, 0.1) is 0 Å². The predicted octanol–water partition coefficient (Wildman–Crippen LogP) is 1.90. The van der Waals surface area contributed by atoms with E-state index in [1.165, 1.54) is 26.4 Å². The number of hydrogen-bond acceptors (Lipinski definition) is 5. The van der Waals surface area contributed by atoms with Crippen molar-refractivity contribution in [1.29, 1.82) is 0 Å². The molecule has 0 unspecified atom stereocenters. The van der Waals surface area contributed by atoms with Gasteiger partial charge >= 0.3 is 6.09 Å².